The predicted molar refractivity (Wildman–Crippen MR) is 152 cm³/mol. The number of rotatable bonds is 9. The summed E-state index contributed by atoms with van der Waals surface area (Å²) in [5, 5.41) is 9.34. The predicted octanol–water partition coefficient (Wildman–Crippen LogP) is 4.94. The van der Waals surface area contributed by atoms with E-state index < -0.39 is 0 Å². The standard InChI is InChI=1S/C31H37N5O2/c1-21-17-28(11-9-27(21)20-36-15-13-32-14-16-36)34-30(37)18-22(2)23-3-5-24(6-4-23)26-10-12-29(33-19-26)35-31(38)25-7-8-25/h3-6,9-12,17,19,22,25,32H,7-8,13-16,18,20H2,1-2H3,(H,34,37)(H,33,35,38). The van der Waals surface area contributed by atoms with E-state index in [9.17, 15) is 9.59 Å². The smallest absolute Gasteiger partial charge is 0.228 e. The molecule has 1 saturated carbocycles. The molecule has 38 heavy (non-hydrogen) atoms. The zero-order chi connectivity index (χ0) is 26.5. The number of pyridine rings is 1. The number of piperazine rings is 1. The van der Waals surface area contributed by atoms with Crippen LogP contribution in [-0.2, 0) is 16.1 Å². The fourth-order valence-electron chi connectivity index (χ4n) is 4.89. The Hall–Kier alpha value is -3.55. The minimum atomic E-state index is 0.0175. The largest absolute Gasteiger partial charge is 0.326 e. The Bertz CT molecular complexity index is 1260. The number of aromatic nitrogens is 1. The lowest BCUT2D eigenvalue weighted by Gasteiger charge is -2.27. The van der Waals surface area contributed by atoms with Crippen LogP contribution >= 0.6 is 0 Å². The minimum Gasteiger partial charge on any atom is -0.326 e. The van der Waals surface area contributed by atoms with Crippen molar-refractivity contribution in [1.29, 1.82) is 0 Å². The molecule has 2 amide bonds. The first kappa shape index (κ1) is 26.1. The Morgan fingerprint density at radius 3 is 2.39 bits per heavy atom. The molecule has 0 spiro atoms. The second-order valence-corrected chi connectivity index (χ2v) is 10.6. The van der Waals surface area contributed by atoms with Gasteiger partial charge in [0.1, 0.15) is 5.82 Å². The molecule has 7 nitrogen and oxygen atoms in total. The highest BCUT2D eigenvalue weighted by atomic mass is 16.2. The van der Waals surface area contributed by atoms with E-state index in [0.717, 1.165) is 67.9 Å². The van der Waals surface area contributed by atoms with Gasteiger partial charge >= 0.3 is 0 Å². The lowest BCUT2D eigenvalue weighted by molar-refractivity contribution is -0.117. The molecule has 198 valence electrons. The Morgan fingerprint density at radius 2 is 1.74 bits per heavy atom. The third kappa shape index (κ3) is 6.85. The van der Waals surface area contributed by atoms with Crippen LogP contribution in [0.5, 0.6) is 0 Å². The van der Waals surface area contributed by atoms with Gasteiger partial charge in [-0.3, -0.25) is 14.5 Å². The molecule has 1 aliphatic heterocycles. The number of benzene rings is 2. The third-order valence-electron chi connectivity index (χ3n) is 7.50. The molecule has 1 aromatic heterocycles. The summed E-state index contributed by atoms with van der Waals surface area (Å²) in [7, 11) is 0. The van der Waals surface area contributed by atoms with Crippen LogP contribution in [-0.4, -0.2) is 47.9 Å². The van der Waals surface area contributed by atoms with Gasteiger partial charge in [0.05, 0.1) is 0 Å². The molecule has 7 heteroatoms. The van der Waals surface area contributed by atoms with E-state index >= 15 is 0 Å². The van der Waals surface area contributed by atoms with Gasteiger partial charge in [-0.1, -0.05) is 37.3 Å². The highest BCUT2D eigenvalue weighted by Gasteiger charge is 2.29. The fourth-order valence-corrected chi connectivity index (χ4v) is 4.89. The summed E-state index contributed by atoms with van der Waals surface area (Å²) in [5.41, 5.74) is 6.52. The number of aryl methyl sites for hydroxylation is 1. The first-order valence-corrected chi connectivity index (χ1v) is 13.6. The van der Waals surface area contributed by atoms with E-state index in [4.69, 9.17) is 0 Å². The first-order valence-electron chi connectivity index (χ1n) is 13.6. The third-order valence-corrected chi connectivity index (χ3v) is 7.50. The lowest BCUT2D eigenvalue weighted by atomic mass is 9.95. The second kappa shape index (κ2) is 11.9. The van der Waals surface area contributed by atoms with Crippen LogP contribution in [0.3, 0.4) is 0 Å². The zero-order valence-electron chi connectivity index (χ0n) is 22.3. The summed E-state index contributed by atoms with van der Waals surface area (Å²) in [6, 6.07) is 18.3. The van der Waals surface area contributed by atoms with E-state index in [1.54, 1.807) is 6.20 Å². The molecule has 2 fully saturated rings. The van der Waals surface area contributed by atoms with Crippen molar-refractivity contribution < 1.29 is 9.59 Å². The number of nitrogens with zero attached hydrogens (tertiary/aromatic N) is 2. The normalized spacial score (nSPS) is 16.6. The van der Waals surface area contributed by atoms with Crippen molar-refractivity contribution in [2.75, 3.05) is 36.8 Å². The van der Waals surface area contributed by atoms with Gasteiger partial charge in [-0.05, 0) is 72.2 Å². The molecule has 1 saturated heterocycles. The molecule has 0 bridgehead atoms. The Balaban J connectivity index is 1.13. The van der Waals surface area contributed by atoms with E-state index in [-0.39, 0.29) is 23.7 Å². The molecule has 2 heterocycles. The zero-order valence-corrected chi connectivity index (χ0v) is 22.3. The first-order chi connectivity index (χ1) is 18.4. The van der Waals surface area contributed by atoms with Gasteiger partial charge in [0.2, 0.25) is 11.8 Å². The number of carbonyl (C=O) groups excluding carboxylic acids is 2. The van der Waals surface area contributed by atoms with Gasteiger partial charge in [-0.2, -0.15) is 0 Å². The molecule has 0 radical (unpaired) electrons. The lowest BCUT2D eigenvalue weighted by Crippen LogP contribution is -2.42. The summed E-state index contributed by atoms with van der Waals surface area (Å²) in [6.45, 7) is 9.37. The average Bonchev–Trinajstić information content (AvgIpc) is 3.77. The highest BCUT2D eigenvalue weighted by molar-refractivity contribution is 5.93. The number of anilines is 2. The molecule has 3 N–H and O–H groups in total. The van der Waals surface area contributed by atoms with Crippen molar-refractivity contribution in [2.45, 2.75) is 45.6 Å². The summed E-state index contributed by atoms with van der Waals surface area (Å²) >= 11 is 0. The SMILES string of the molecule is Cc1cc(NC(=O)CC(C)c2ccc(-c3ccc(NC(=O)C4CC4)nc3)cc2)ccc1CN1CCNCC1. The van der Waals surface area contributed by atoms with Crippen molar-refractivity contribution in [1.82, 2.24) is 15.2 Å². The van der Waals surface area contributed by atoms with Crippen molar-refractivity contribution >= 4 is 23.3 Å². The molecular weight excluding hydrogens is 474 g/mol. The number of amides is 2. The molecule has 1 atom stereocenters. The van der Waals surface area contributed by atoms with Gasteiger partial charge in [-0.25, -0.2) is 4.98 Å². The van der Waals surface area contributed by atoms with E-state index in [1.165, 1.54) is 11.1 Å². The minimum absolute atomic E-state index is 0.0175. The molecule has 5 rings (SSSR count). The maximum atomic E-state index is 12.8. The Labute approximate surface area is 225 Å². The Kier molecular flexibility index (Phi) is 8.15. The van der Waals surface area contributed by atoms with Crippen LogP contribution in [0.1, 0.15) is 48.8 Å². The molecule has 2 aliphatic rings. The summed E-state index contributed by atoms with van der Waals surface area (Å²) in [6.07, 6.45) is 4.14. The number of carbonyl (C=O) groups is 2. The van der Waals surface area contributed by atoms with Crippen molar-refractivity contribution in [3.05, 3.63) is 77.5 Å². The number of hydrogen-bond acceptors (Lipinski definition) is 5. The quantitative estimate of drug-likeness (QED) is 0.379. The van der Waals surface area contributed by atoms with Gasteiger partial charge in [0.15, 0.2) is 0 Å². The highest BCUT2D eigenvalue weighted by Crippen LogP contribution is 2.30. The van der Waals surface area contributed by atoms with E-state index in [1.807, 2.05) is 18.2 Å². The Morgan fingerprint density at radius 1 is 1.00 bits per heavy atom. The van der Waals surface area contributed by atoms with Crippen molar-refractivity contribution in [2.24, 2.45) is 5.92 Å². The maximum absolute atomic E-state index is 12.8. The van der Waals surface area contributed by atoms with Crippen LogP contribution in [0, 0.1) is 12.8 Å². The number of hydrogen-bond donors (Lipinski definition) is 3. The summed E-state index contributed by atoms with van der Waals surface area (Å²) < 4.78 is 0. The van der Waals surface area contributed by atoms with E-state index in [2.05, 4.69) is 76.1 Å². The van der Waals surface area contributed by atoms with Crippen LogP contribution in [0.2, 0.25) is 0 Å². The molecule has 1 unspecified atom stereocenters. The topological polar surface area (TPSA) is 86.4 Å². The molecule has 3 aromatic rings. The van der Waals surface area contributed by atoms with Crippen LogP contribution < -0.4 is 16.0 Å². The van der Waals surface area contributed by atoms with Crippen molar-refractivity contribution in [3.63, 3.8) is 0 Å². The van der Waals surface area contributed by atoms with Crippen LogP contribution in [0.25, 0.3) is 11.1 Å². The van der Waals surface area contributed by atoms with Gasteiger partial charge in [-0.15, -0.1) is 0 Å². The van der Waals surface area contributed by atoms with E-state index in [0.29, 0.717) is 12.2 Å². The van der Waals surface area contributed by atoms with Gasteiger partial charge < -0.3 is 16.0 Å². The van der Waals surface area contributed by atoms with Crippen LogP contribution in [0.15, 0.2) is 60.8 Å². The monoisotopic (exact) mass is 511 g/mol. The number of nitrogens with one attached hydrogen (secondary N) is 3. The molecule has 2 aromatic carbocycles. The second-order valence-electron chi connectivity index (χ2n) is 10.6. The molecule has 1 aliphatic carbocycles. The summed E-state index contributed by atoms with van der Waals surface area (Å²) in [4.78, 5) is 31.6. The maximum Gasteiger partial charge on any atom is 0.228 e. The fraction of sp³-hybridized carbons (Fsp3) is 0.387. The van der Waals surface area contributed by atoms with Gasteiger partial charge in [0, 0.05) is 62.5 Å². The van der Waals surface area contributed by atoms with Gasteiger partial charge in [0.25, 0.3) is 0 Å². The van der Waals surface area contributed by atoms with Crippen LogP contribution in [0.4, 0.5) is 11.5 Å². The summed E-state index contributed by atoms with van der Waals surface area (Å²) in [5.74, 6) is 0.918. The van der Waals surface area contributed by atoms with Crippen molar-refractivity contribution in [3.8, 4) is 11.1 Å². The average molecular weight is 512 g/mol. The molecular formula is C31H37N5O2.